The first-order valence-electron chi connectivity index (χ1n) is 6.39. The Hall–Kier alpha value is -2.89. The fraction of sp³-hybridized carbons (Fsp3) is 0.133. The molecule has 0 radical (unpaired) electrons. The quantitative estimate of drug-likeness (QED) is 0.675. The lowest BCUT2D eigenvalue weighted by molar-refractivity contribution is -0.384. The van der Waals surface area contributed by atoms with Crippen molar-refractivity contribution in [1.29, 1.82) is 0 Å². The molecule has 2 aromatic carbocycles. The molecule has 0 bridgehead atoms. The first-order chi connectivity index (χ1) is 10.1. The van der Waals surface area contributed by atoms with Gasteiger partial charge in [0.05, 0.1) is 11.5 Å². The van der Waals surface area contributed by atoms with Crippen molar-refractivity contribution in [3.8, 4) is 5.75 Å². The number of nitrogens with one attached hydrogen (secondary N) is 1. The fourth-order valence-electron chi connectivity index (χ4n) is 1.77. The van der Waals surface area contributed by atoms with Crippen molar-refractivity contribution in [2.24, 2.45) is 0 Å². The lowest BCUT2D eigenvalue weighted by atomic mass is 10.2. The number of hydrogen-bond donors (Lipinski definition) is 1. The third-order valence-electron chi connectivity index (χ3n) is 2.74. The Balaban J connectivity index is 2.10. The monoisotopic (exact) mass is 286 g/mol. The lowest BCUT2D eigenvalue weighted by Gasteiger charge is -2.08. The molecule has 0 fully saturated rings. The maximum Gasteiger partial charge on any atom is 0.269 e. The minimum absolute atomic E-state index is 0.0510. The van der Waals surface area contributed by atoms with E-state index in [0.717, 1.165) is 0 Å². The van der Waals surface area contributed by atoms with Gasteiger partial charge in [0, 0.05) is 29.4 Å². The number of hydrogen-bond acceptors (Lipinski definition) is 4. The van der Waals surface area contributed by atoms with Crippen LogP contribution in [0.15, 0.2) is 48.5 Å². The van der Waals surface area contributed by atoms with Crippen LogP contribution in [0.1, 0.15) is 17.3 Å². The predicted molar refractivity (Wildman–Crippen MR) is 78.7 cm³/mol. The minimum atomic E-state index is -0.507. The summed E-state index contributed by atoms with van der Waals surface area (Å²) in [4.78, 5) is 22.1. The van der Waals surface area contributed by atoms with Gasteiger partial charge in [0.15, 0.2) is 0 Å². The third-order valence-corrected chi connectivity index (χ3v) is 2.74. The van der Waals surface area contributed by atoms with Crippen LogP contribution < -0.4 is 10.1 Å². The first-order valence-corrected chi connectivity index (χ1v) is 6.39. The second-order valence-corrected chi connectivity index (χ2v) is 4.22. The van der Waals surface area contributed by atoms with Crippen molar-refractivity contribution in [2.45, 2.75) is 6.92 Å². The Labute approximate surface area is 121 Å². The molecule has 0 unspecified atom stereocenters. The second-order valence-electron chi connectivity index (χ2n) is 4.22. The van der Waals surface area contributed by atoms with Gasteiger partial charge >= 0.3 is 0 Å². The van der Waals surface area contributed by atoms with Crippen molar-refractivity contribution >= 4 is 17.3 Å². The van der Waals surface area contributed by atoms with Gasteiger partial charge in [-0.3, -0.25) is 14.9 Å². The molecule has 0 aromatic heterocycles. The van der Waals surface area contributed by atoms with Crippen molar-refractivity contribution in [1.82, 2.24) is 0 Å². The van der Waals surface area contributed by atoms with E-state index in [2.05, 4.69) is 5.32 Å². The van der Waals surface area contributed by atoms with E-state index in [4.69, 9.17) is 4.74 Å². The number of nitro benzene ring substituents is 1. The van der Waals surface area contributed by atoms with E-state index in [9.17, 15) is 14.9 Å². The van der Waals surface area contributed by atoms with Gasteiger partial charge in [0.25, 0.3) is 11.6 Å². The fourth-order valence-corrected chi connectivity index (χ4v) is 1.77. The maximum atomic E-state index is 12.0. The summed E-state index contributed by atoms with van der Waals surface area (Å²) in [5.41, 5.74) is 0.900. The smallest absolute Gasteiger partial charge is 0.269 e. The van der Waals surface area contributed by atoms with E-state index in [1.807, 2.05) is 6.92 Å². The topological polar surface area (TPSA) is 81.5 Å². The molecule has 2 aromatic rings. The van der Waals surface area contributed by atoms with E-state index in [1.165, 1.54) is 24.3 Å². The molecule has 1 amide bonds. The Kier molecular flexibility index (Phi) is 4.50. The molecule has 21 heavy (non-hydrogen) atoms. The highest BCUT2D eigenvalue weighted by Gasteiger charge is 2.10. The largest absolute Gasteiger partial charge is 0.494 e. The molecule has 108 valence electrons. The van der Waals surface area contributed by atoms with E-state index in [0.29, 0.717) is 23.6 Å². The van der Waals surface area contributed by atoms with Crippen molar-refractivity contribution in [2.75, 3.05) is 11.9 Å². The van der Waals surface area contributed by atoms with Crippen LogP contribution in [0.5, 0.6) is 5.75 Å². The van der Waals surface area contributed by atoms with Crippen LogP contribution in [-0.4, -0.2) is 17.4 Å². The number of nitro groups is 1. The van der Waals surface area contributed by atoms with Crippen LogP contribution in [0.25, 0.3) is 0 Å². The van der Waals surface area contributed by atoms with Gasteiger partial charge in [-0.2, -0.15) is 0 Å². The van der Waals surface area contributed by atoms with Gasteiger partial charge in [-0.05, 0) is 31.2 Å². The number of ether oxygens (including phenoxy) is 1. The average Bonchev–Trinajstić information content (AvgIpc) is 2.48. The lowest BCUT2D eigenvalue weighted by Crippen LogP contribution is -2.11. The highest BCUT2D eigenvalue weighted by atomic mass is 16.6. The number of nitrogens with zero attached hydrogens (tertiary/aromatic N) is 1. The van der Waals surface area contributed by atoms with E-state index >= 15 is 0 Å². The van der Waals surface area contributed by atoms with E-state index in [1.54, 1.807) is 24.3 Å². The van der Waals surface area contributed by atoms with Crippen LogP contribution in [0.3, 0.4) is 0 Å². The number of non-ortho nitro benzene ring substituents is 1. The SMILES string of the molecule is CCOc1cccc(NC(=O)c2ccc([N+](=O)[O-])cc2)c1. The molecule has 0 saturated carbocycles. The Morgan fingerprint density at radius 1 is 1.24 bits per heavy atom. The predicted octanol–water partition coefficient (Wildman–Crippen LogP) is 3.25. The number of amides is 1. The number of carbonyl (C=O) groups is 1. The summed E-state index contributed by atoms with van der Waals surface area (Å²) in [6.45, 7) is 2.42. The summed E-state index contributed by atoms with van der Waals surface area (Å²) in [7, 11) is 0. The maximum absolute atomic E-state index is 12.0. The van der Waals surface area contributed by atoms with Crippen LogP contribution in [0, 0.1) is 10.1 Å². The van der Waals surface area contributed by atoms with Gasteiger partial charge in [-0.15, -0.1) is 0 Å². The van der Waals surface area contributed by atoms with Gasteiger partial charge in [-0.25, -0.2) is 0 Å². The molecule has 0 heterocycles. The second kappa shape index (κ2) is 6.51. The first kappa shape index (κ1) is 14.5. The summed E-state index contributed by atoms with van der Waals surface area (Å²) in [6, 6.07) is 12.5. The number of anilines is 1. The molecule has 2 rings (SSSR count). The Bertz CT molecular complexity index is 653. The van der Waals surface area contributed by atoms with Crippen molar-refractivity contribution in [3.05, 3.63) is 64.2 Å². The third kappa shape index (κ3) is 3.79. The normalized spacial score (nSPS) is 9.95. The molecule has 0 aliphatic rings. The molecule has 6 heteroatoms. The zero-order valence-corrected chi connectivity index (χ0v) is 11.4. The Morgan fingerprint density at radius 3 is 2.57 bits per heavy atom. The Morgan fingerprint density at radius 2 is 1.95 bits per heavy atom. The summed E-state index contributed by atoms with van der Waals surface area (Å²) < 4.78 is 5.35. The molecule has 0 aliphatic carbocycles. The number of carbonyl (C=O) groups excluding carboxylic acids is 1. The number of rotatable bonds is 5. The summed E-state index contributed by atoms with van der Waals surface area (Å²) in [6.07, 6.45) is 0. The van der Waals surface area contributed by atoms with Crippen LogP contribution >= 0.6 is 0 Å². The van der Waals surface area contributed by atoms with Gasteiger partial charge in [-0.1, -0.05) is 6.07 Å². The molecule has 1 N–H and O–H groups in total. The van der Waals surface area contributed by atoms with Crippen molar-refractivity contribution < 1.29 is 14.5 Å². The van der Waals surface area contributed by atoms with Crippen LogP contribution in [0.4, 0.5) is 11.4 Å². The van der Waals surface area contributed by atoms with E-state index < -0.39 is 4.92 Å². The van der Waals surface area contributed by atoms with Crippen LogP contribution in [0.2, 0.25) is 0 Å². The van der Waals surface area contributed by atoms with Gasteiger partial charge in [0.1, 0.15) is 5.75 Å². The molecule has 6 nitrogen and oxygen atoms in total. The number of benzene rings is 2. The molecular formula is C15H14N2O4. The van der Waals surface area contributed by atoms with E-state index in [-0.39, 0.29) is 11.6 Å². The summed E-state index contributed by atoms with van der Waals surface area (Å²) in [5.74, 6) is 0.331. The molecule has 0 spiro atoms. The zero-order chi connectivity index (χ0) is 15.2. The summed E-state index contributed by atoms with van der Waals surface area (Å²) in [5, 5.41) is 13.3. The van der Waals surface area contributed by atoms with Crippen molar-refractivity contribution in [3.63, 3.8) is 0 Å². The molecule has 0 atom stereocenters. The average molecular weight is 286 g/mol. The highest BCUT2D eigenvalue weighted by molar-refractivity contribution is 6.04. The van der Waals surface area contributed by atoms with Gasteiger partial charge in [0.2, 0.25) is 0 Å². The highest BCUT2D eigenvalue weighted by Crippen LogP contribution is 2.19. The zero-order valence-electron chi connectivity index (χ0n) is 11.4. The molecule has 0 aliphatic heterocycles. The van der Waals surface area contributed by atoms with Crippen LogP contribution in [-0.2, 0) is 0 Å². The summed E-state index contributed by atoms with van der Waals surface area (Å²) >= 11 is 0. The minimum Gasteiger partial charge on any atom is -0.494 e. The van der Waals surface area contributed by atoms with Gasteiger partial charge < -0.3 is 10.1 Å². The standard InChI is InChI=1S/C15H14N2O4/c1-2-21-14-5-3-4-12(10-14)16-15(18)11-6-8-13(9-7-11)17(19)20/h3-10H,2H2,1H3,(H,16,18). The molecule has 0 saturated heterocycles. The molecular weight excluding hydrogens is 272 g/mol.